The van der Waals surface area contributed by atoms with Crippen LogP contribution >= 0.6 is 11.6 Å². The van der Waals surface area contributed by atoms with E-state index in [1.807, 2.05) is 32.9 Å². The van der Waals surface area contributed by atoms with Crippen LogP contribution in [-0.2, 0) is 4.79 Å². The maximum Gasteiger partial charge on any atom is 0.255 e. The maximum atomic E-state index is 14.1. The molecule has 2 aromatic carbocycles. The quantitative estimate of drug-likeness (QED) is 0.617. The molecule has 3 aliphatic rings. The second kappa shape index (κ2) is 11.2. The largest absolute Gasteiger partial charge is 0.366 e. The highest BCUT2D eigenvalue weighted by Gasteiger charge is 2.34. The minimum Gasteiger partial charge on any atom is -0.366 e. The average Bonchev–Trinajstić information content (AvgIpc) is 2.93. The van der Waals surface area contributed by atoms with Crippen molar-refractivity contribution in [3.63, 3.8) is 0 Å². The predicted molar refractivity (Wildman–Crippen MR) is 140 cm³/mol. The Bertz CT molecular complexity index is 1070. The van der Waals surface area contributed by atoms with Crippen LogP contribution < -0.4 is 4.90 Å². The number of hydrogen-bond donors (Lipinski definition) is 0. The van der Waals surface area contributed by atoms with Gasteiger partial charge in [-0.25, -0.2) is 4.39 Å². The minimum absolute atomic E-state index is 0.0125. The van der Waals surface area contributed by atoms with Crippen molar-refractivity contribution < 1.29 is 14.0 Å². The number of halogens is 2. The molecule has 0 aromatic heterocycles. The summed E-state index contributed by atoms with van der Waals surface area (Å²) in [6.45, 7) is 5.94. The van der Waals surface area contributed by atoms with Crippen molar-refractivity contribution in [2.24, 2.45) is 5.92 Å². The summed E-state index contributed by atoms with van der Waals surface area (Å²) >= 11 is 6.22. The first-order chi connectivity index (χ1) is 17.5. The summed E-state index contributed by atoms with van der Waals surface area (Å²) in [5.41, 5.74) is 1.20. The molecule has 2 amide bonds. The Morgan fingerprint density at radius 2 is 1.39 bits per heavy atom. The van der Waals surface area contributed by atoms with Crippen LogP contribution in [0.2, 0.25) is 5.02 Å². The first-order valence-corrected chi connectivity index (χ1v) is 13.4. The van der Waals surface area contributed by atoms with Crippen LogP contribution in [0.3, 0.4) is 0 Å². The number of piperidine rings is 2. The van der Waals surface area contributed by atoms with Crippen molar-refractivity contribution in [1.29, 1.82) is 0 Å². The van der Waals surface area contributed by atoms with E-state index < -0.39 is 0 Å². The number of rotatable bonds is 4. The first-order valence-electron chi connectivity index (χ1n) is 13.1. The number of para-hydroxylation sites is 1. The normalized spacial score (nSPS) is 20.6. The Hall–Kier alpha value is -2.64. The molecule has 0 saturated carbocycles. The van der Waals surface area contributed by atoms with Crippen molar-refractivity contribution in [3.05, 3.63) is 64.9 Å². The van der Waals surface area contributed by atoms with Crippen LogP contribution in [0.25, 0.3) is 0 Å². The van der Waals surface area contributed by atoms with Gasteiger partial charge < -0.3 is 19.6 Å². The zero-order valence-electron chi connectivity index (χ0n) is 20.6. The summed E-state index contributed by atoms with van der Waals surface area (Å²) in [6.07, 6.45) is 3.66. The SMILES string of the molecule is O=C(c1ccccc1Cl)N1CCC(N2CCC(C(=O)N3CCN(c4ccccc4F)CC3)CC2)CC1. The Kier molecular flexibility index (Phi) is 7.77. The molecule has 3 heterocycles. The van der Waals surface area contributed by atoms with Gasteiger partial charge in [-0.1, -0.05) is 35.9 Å². The fraction of sp³-hybridized carbons (Fsp3) is 0.500. The molecule has 2 aromatic rings. The zero-order chi connectivity index (χ0) is 25.1. The molecule has 8 heteroatoms. The van der Waals surface area contributed by atoms with Crippen LogP contribution in [0.15, 0.2) is 48.5 Å². The molecule has 5 rings (SSSR count). The molecule has 0 spiro atoms. The second-order valence-electron chi connectivity index (χ2n) is 10.1. The van der Waals surface area contributed by atoms with E-state index in [0.29, 0.717) is 48.5 Å². The van der Waals surface area contributed by atoms with Crippen molar-refractivity contribution in [1.82, 2.24) is 14.7 Å². The van der Waals surface area contributed by atoms with Crippen molar-refractivity contribution in [2.75, 3.05) is 57.3 Å². The van der Waals surface area contributed by atoms with Crippen molar-refractivity contribution in [3.8, 4) is 0 Å². The van der Waals surface area contributed by atoms with Gasteiger partial charge in [0.15, 0.2) is 0 Å². The van der Waals surface area contributed by atoms with Gasteiger partial charge in [-0.3, -0.25) is 9.59 Å². The molecule has 3 saturated heterocycles. The van der Waals surface area contributed by atoms with Crippen LogP contribution in [0.4, 0.5) is 10.1 Å². The highest BCUT2D eigenvalue weighted by Crippen LogP contribution is 2.28. The number of hydrogen-bond acceptors (Lipinski definition) is 4. The number of amides is 2. The molecular formula is C28H34ClFN4O2. The molecule has 3 fully saturated rings. The van der Waals surface area contributed by atoms with E-state index in [0.717, 1.165) is 51.9 Å². The van der Waals surface area contributed by atoms with E-state index in [2.05, 4.69) is 4.90 Å². The van der Waals surface area contributed by atoms with Gasteiger partial charge in [0.2, 0.25) is 5.91 Å². The Labute approximate surface area is 217 Å². The highest BCUT2D eigenvalue weighted by atomic mass is 35.5. The molecule has 0 unspecified atom stereocenters. The Morgan fingerprint density at radius 3 is 2.06 bits per heavy atom. The lowest BCUT2D eigenvalue weighted by Gasteiger charge is -2.43. The fourth-order valence-corrected chi connectivity index (χ4v) is 6.10. The van der Waals surface area contributed by atoms with Gasteiger partial charge in [-0.2, -0.15) is 0 Å². The molecule has 0 bridgehead atoms. The topological polar surface area (TPSA) is 47.1 Å². The molecule has 36 heavy (non-hydrogen) atoms. The number of nitrogens with zero attached hydrogens (tertiary/aromatic N) is 4. The number of carbonyl (C=O) groups excluding carboxylic acids is 2. The molecule has 192 valence electrons. The zero-order valence-corrected chi connectivity index (χ0v) is 21.4. The van der Waals surface area contributed by atoms with Gasteiger partial charge >= 0.3 is 0 Å². The average molecular weight is 513 g/mol. The Morgan fingerprint density at radius 1 is 0.750 bits per heavy atom. The second-order valence-corrected chi connectivity index (χ2v) is 10.5. The molecule has 3 aliphatic heterocycles. The van der Waals surface area contributed by atoms with Gasteiger partial charge in [0.1, 0.15) is 5.82 Å². The van der Waals surface area contributed by atoms with E-state index in [-0.39, 0.29) is 23.5 Å². The van der Waals surface area contributed by atoms with Crippen molar-refractivity contribution >= 4 is 29.1 Å². The predicted octanol–water partition coefficient (Wildman–Crippen LogP) is 4.14. The molecular weight excluding hydrogens is 479 g/mol. The molecule has 6 nitrogen and oxygen atoms in total. The maximum absolute atomic E-state index is 14.1. The molecule has 0 N–H and O–H groups in total. The summed E-state index contributed by atoms with van der Waals surface area (Å²) < 4.78 is 14.1. The van der Waals surface area contributed by atoms with Crippen LogP contribution in [0, 0.1) is 11.7 Å². The lowest BCUT2D eigenvalue weighted by atomic mass is 9.92. The summed E-state index contributed by atoms with van der Waals surface area (Å²) in [6, 6.07) is 14.5. The first kappa shape index (κ1) is 25.0. The summed E-state index contributed by atoms with van der Waals surface area (Å²) in [5.74, 6) is 0.133. The van der Waals surface area contributed by atoms with E-state index in [4.69, 9.17) is 11.6 Å². The number of carbonyl (C=O) groups is 2. The van der Waals surface area contributed by atoms with Gasteiger partial charge in [0.25, 0.3) is 5.91 Å². The number of piperazine rings is 1. The van der Waals surface area contributed by atoms with E-state index in [1.165, 1.54) is 6.07 Å². The van der Waals surface area contributed by atoms with E-state index in [9.17, 15) is 14.0 Å². The third kappa shape index (κ3) is 5.37. The van der Waals surface area contributed by atoms with Gasteiger partial charge in [-0.05, 0) is 63.0 Å². The number of likely N-dealkylation sites (tertiary alicyclic amines) is 2. The van der Waals surface area contributed by atoms with E-state index in [1.54, 1.807) is 24.3 Å². The summed E-state index contributed by atoms with van der Waals surface area (Å²) in [7, 11) is 0. The number of anilines is 1. The third-order valence-corrected chi connectivity index (χ3v) is 8.37. The van der Waals surface area contributed by atoms with Crippen molar-refractivity contribution in [2.45, 2.75) is 31.7 Å². The fourth-order valence-electron chi connectivity index (χ4n) is 5.88. The highest BCUT2D eigenvalue weighted by molar-refractivity contribution is 6.33. The van der Waals surface area contributed by atoms with Crippen LogP contribution in [0.5, 0.6) is 0 Å². The molecule has 0 aliphatic carbocycles. The monoisotopic (exact) mass is 512 g/mol. The number of benzene rings is 2. The molecule has 0 atom stereocenters. The van der Waals surface area contributed by atoms with Gasteiger partial charge in [0, 0.05) is 51.2 Å². The van der Waals surface area contributed by atoms with Gasteiger partial charge in [0.05, 0.1) is 16.3 Å². The molecule has 0 radical (unpaired) electrons. The standard InChI is InChI=1S/C28H34ClFN4O2/c29-24-6-2-1-5-23(24)28(36)33-15-11-22(12-16-33)31-13-9-21(10-14-31)27(35)34-19-17-32(18-20-34)26-8-4-3-7-25(26)30/h1-8,21-22H,9-20H2. The lowest BCUT2D eigenvalue weighted by molar-refractivity contribution is -0.137. The third-order valence-electron chi connectivity index (χ3n) is 8.04. The lowest BCUT2D eigenvalue weighted by Crippen LogP contribution is -2.53. The van der Waals surface area contributed by atoms with Crippen LogP contribution in [0.1, 0.15) is 36.0 Å². The Balaban J connectivity index is 1.06. The van der Waals surface area contributed by atoms with Gasteiger partial charge in [-0.15, -0.1) is 0 Å². The smallest absolute Gasteiger partial charge is 0.255 e. The summed E-state index contributed by atoms with van der Waals surface area (Å²) in [4.78, 5) is 34.5. The van der Waals surface area contributed by atoms with E-state index >= 15 is 0 Å². The minimum atomic E-state index is -0.205. The van der Waals surface area contributed by atoms with Crippen LogP contribution in [-0.4, -0.2) is 84.9 Å². The summed E-state index contributed by atoms with van der Waals surface area (Å²) in [5, 5.41) is 0.505.